The summed E-state index contributed by atoms with van der Waals surface area (Å²) in [7, 11) is -3.67. The first-order valence-corrected chi connectivity index (χ1v) is 7.37. The second-order valence-electron chi connectivity index (χ2n) is 4.11. The van der Waals surface area contributed by atoms with Crippen molar-refractivity contribution in [2.75, 3.05) is 4.72 Å². The van der Waals surface area contributed by atoms with Crippen LogP contribution in [0, 0.1) is 5.82 Å². The summed E-state index contributed by atoms with van der Waals surface area (Å²) >= 11 is 0. The number of rotatable bonds is 4. The van der Waals surface area contributed by atoms with Gasteiger partial charge in [0, 0.05) is 0 Å². The van der Waals surface area contributed by atoms with Gasteiger partial charge in [-0.1, -0.05) is 25.1 Å². The van der Waals surface area contributed by atoms with Gasteiger partial charge in [0.05, 0.1) is 10.6 Å². The number of nitrogens with one attached hydrogen (secondary N) is 1. The predicted molar refractivity (Wildman–Crippen MR) is 73.0 cm³/mol. The molecule has 0 unspecified atom stereocenters. The van der Waals surface area contributed by atoms with Crippen LogP contribution < -0.4 is 4.72 Å². The van der Waals surface area contributed by atoms with E-state index in [0.29, 0.717) is 0 Å². The van der Waals surface area contributed by atoms with Crippen molar-refractivity contribution in [1.82, 2.24) is 0 Å². The number of aryl methyl sites for hydroxylation is 1. The van der Waals surface area contributed by atoms with Crippen molar-refractivity contribution in [3.05, 3.63) is 59.9 Å². The van der Waals surface area contributed by atoms with E-state index in [0.717, 1.165) is 18.1 Å². The van der Waals surface area contributed by atoms with E-state index in [4.69, 9.17) is 0 Å². The lowest BCUT2D eigenvalue weighted by Crippen LogP contribution is -2.13. The van der Waals surface area contributed by atoms with E-state index in [1.165, 1.54) is 18.2 Å². The third kappa shape index (κ3) is 3.32. The maximum absolute atomic E-state index is 13.0. The van der Waals surface area contributed by atoms with E-state index in [9.17, 15) is 12.8 Å². The summed E-state index contributed by atoms with van der Waals surface area (Å²) in [5.74, 6) is -0.485. The first-order chi connectivity index (χ1) is 9.01. The Kier molecular flexibility index (Phi) is 3.85. The van der Waals surface area contributed by atoms with Gasteiger partial charge >= 0.3 is 0 Å². The van der Waals surface area contributed by atoms with Gasteiger partial charge in [0.15, 0.2) is 0 Å². The van der Waals surface area contributed by atoms with Crippen LogP contribution in [0.15, 0.2) is 53.4 Å². The molecule has 0 aromatic heterocycles. The van der Waals surface area contributed by atoms with Crippen LogP contribution in [-0.4, -0.2) is 8.42 Å². The summed E-state index contributed by atoms with van der Waals surface area (Å²) in [6.07, 6.45) is 0.845. The summed E-state index contributed by atoms with van der Waals surface area (Å²) in [6.45, 7) is 1.99. The molecule has 0 aliphatic heterocycles. The summed E-state index contributed by atoms with van der Waals surface area (Å²) in [6, 6.07) is 12.0. The Hall–Kier alpha value is -1.88. The Morgan fingerprint density at radius 1 is 1.11 bits per heavy atom. The quantitative estimate of drug-likeness (QED) is 0.934. The molecule has 2 aromatic rings. The fraction of sp³-hybridized carbons (Fsp3) is 0.143. The number of benzene rings is 2. The largest absolute Gasteiger partial charge is 0.280 e. The Labute approximate surface area is 112 Å². The molecule has 0 aliphatic rings. The highest BCUT2D eigenvalue weighted by atomic mass is 32.2. The molecule has 0 amide bonds. The second-order valence-corrected chi connectivity index (χ2v) is 5.80. The van der Waals surface area contributed by atoms with Crippen LogP contribution in [0.3, 0.4) is 0 Å². The second kappa shape index (κ2) is 5.40. The van der Waals surface area contributed by atoms with Gasteiger partial charge in [0.1, 0.15) is 5.82 Å². The Morgan fingerprint density at radius 2 is 1.79 bits per heavy atom. The minimum Gasteiger partial charge on any atom is -0.280 e. The first kappa shape index (κ1) is 13.5. The van der Waals surface area contributed by atoms with E-state index >= 15 is 0 Å². The van der Waals surface area contributed by atoms with E-state index < -0.39 is 15.8 Å². The molecular formula is C14H14FNO2S. The zero-order valence-electron chi connectivity index (χ0n) is 10.4. The van der Waals surface area contributed by atoms with Crippen LogP contribution in [0.25, 0.3) is 0 Å². The summed E-state index contributed by atoms with van der Waals surface area (Å²) in [5.41, 5.74) is 1.27. The summed E-state index contributed by atoms with van der Waals surface area (Å²) < 4.78 is 39.5. The smallest absolute Gasteiger partial charge is 0.261 e. The number of halogens is 1. The zero-order chi connectivity index (χ0) is 13.9. The van der Waals surface area contributed by atoms with Crippen molar-refractivity contribution >= 4 is 15.7 Å². The Bertz CT molecular complexity index is 666. The van der Waals surface area contributed by atoms with Crippen molar-refractivity contribution in [3.8, 4) is 0 Å². The lowest BCUT2D eigenvalue weighted by Gasteiger charge is -2.08. The maximum atomic E-state index is 13.0. The van der Waals surface area contributed by atoms with E-state index in [1.807, 2.05) is 6.92 Å². The van der Waals surface area contributed by atoms with Crippen molar-refractivity contribution in [2.24, 2.45) is 0 Å². The van der Waals surface area contributed by atoms with Gasteiger partial charge in [-0.05, 0) is 42.3 Å². The standard InChI is InChI=1S/C14H14FNO2S/c1-2-11-6-8-14(9-7-11)19(17,18)16-13-5-3-4-12(15)10-13/h3-10,16H,2H2,1H3. The third-order valence-electron chi connectivity index (χ3n) is 2.72. The van der Waals surface area contributed by atoms with Crippen LogP contribution in [0.4, 0.5) is 10.1 Å². The number of anilines is 1. The molecule has 0 heterocycles. The molecule has 2 aromatic carbocycles. The van der Waals surface area contributed by atoms with Gasteiger partial charge in [0.25, 0.3) is 10.0 Å². The van der Waals surface area contributed by atoms with Gasteiger partial charge in [-0.15, -0.1) is 0 Å². The minimum absolute atomic E-state index is 0.161. The molecular weight excluding hydrogens is 265 g/mol. The Morgan fingerprint density at radius 3 is 2.37 bits per heavy atom. The predicted octanol–water partition coefficient (Wildman–Crippen LogP) is 3.19. The van der Waals surface area contributed by atoms with Gasteiger partial charge in [-0.2, -0.15) is 0 Å². The molecule has 0 fully saturated rings. The van der Waals surface area contributed by atoms with Crippen molar-refractivity contribution in [3.63, 3.8) is 0 Å². The summed E-state index contributed by atoms with van der Waals surface area (Å²) in [4.78, 5) is 0.161. The average Bonchev–Trinajstić information content (AvgIpc) is 2.38. The molecule has 0 saturated heterocycles. The SMILES string of the molecule is CCc1ccc(S(=O)(=O)Nc2cccc(F)c2)cc1. The van der Waals surface area contributed by atoms with E-state index in [2.05, 4.69) is 4.72 Å². The van der Waals surface area contributed by atoms with Crippen molar-refractivity contribution in [2.45, 2.75) is 18.2 Å². The highest BCUT2D eigenvalue weighted by Crippen LogP contribution is 2.17. The van der Waals surface area contributed by atoms with Crippen LogP contribution in [0.2, 0.25) is 0 Å². The van der Waals surface area contributed by atoms with Crippen LogP contribution in [0.1, 0.15) is 12.5 Å². The lowest BCUT2D eigenvalue weighted by molar-refractivity contribution is 0.601. The molecule has 0 radical (unpaired) electrons. The van der Waals surface area contributed by atoms with Crippen molar-refractivity contribution in [1.29, 1.82) is 0 Å². The van der Waals surface area contributed by atoms with Crippen LogP contribution in [-0.2, 0) is 16.4 Å². The fourth-order valence-electron chi connectivity index (χ4n) is 1.67. The molecule has 0 atom stereocenters. The summed E-state index contributed by atoms with van der Waals surface area (Å²) in [5, 5.41) is 0. The lowest BCUT2D eigenvalue weighted by atomic mass is 10.2. The molecule has 0 spiro atoms. The number of hydrogen-bond acceptors (Lipinski definition) is 2. The van der Waals surface area contributed by atoms with Gasteiger partial charge in [-0.25, -0.2) is 12.8 Å². The van der Waals surface area contributed by atoms with Crippen molar-refractivity contribution < 1.29 is 12.8 Å². The minimum atomic E-state index is -3.67. The highest BCUT2D eigenvalue weighted by molar-refractivity contribution is 7.92. The molecule has 100 valence electrons. The molecule has 1 N–H and O–H groups in total. The third-order valence-corrected chi connectivity index (χ3v) is 4.12. The molecule has 2 rings (SSSR count). The fourth-order valence-corrected chi connectivity index (χ4v) is 2.72. The molecule has 0 saturated carbocycles. The molecule has 19 heavy (non-hydrogen) atoms. The average molecular weight is 279 g/mol. The van der Waals surface area contributed by atoms with E-state index in [1.54, 1.807) is 24.3 Å². The number of sulfonamides is 1. The maximum Gasteiger partial charge on any atom is 0.261 e. The molecule has 0 bridgehead atoms. The monoisotopic (exact) mass is 279 g/mol. The molecule has 0 aliphatic carbocycles. The molecule has 5 heteroatoms. The van der Waals surface area contributed by atoms with Crippen LogP contribution >= 0.6 is 0 Å². The Balaban J connectivity index is 2.27. The topological polar surface area (TPSA) is 46.2 Å². The number of hydrogen-bond donors (Lipinski definition) is 1. The molecule has 3 nitrogen and oxygen atoms in total. The zero-order valence-corrected chi connectivity index (χ0v) is 11.2. The van der Waals surface area contributed by atoms with Gasteiger partial charge in [0.2, 0.25) is 0 Å². The normalized spacial score (nSPS) is 11.3. The van der Waals surface area contributed by atoms with Gasteiger partial charge in [-0.3, -0.25) is 4.72 Å². The first-order valence-electron chi connectivity index (χ1n) is 5.88. The van der Waals surface area contributed by atoms with Gasteiger partial charge < -0.3 is 0 Å². The van der Waals surface area contributed by atoms with Crippen LogP contribution in [0.5, 0.6) is 0 Å². The highest BCUT2D eigenvalue weighted by Gasteiger charge is 2.13. The van der Waals surface area contributed by atoms with E-state index in [-0.39, 0.29) is 10.6 Å².